The SMILES string of the molecule is CCN(Cc1ccc(Br)s1)C(=O)[C@@H]1COCCN1. The van der Waals surface area contributed by atoms with Gasteiger partial charge in [0.15, 0.2) is 0 Å². The predicted molar refractivity (Wildman–Crippen MR) is 75.7 cm³/mol. The number of carbonyl (C=O) groups excluding carboxylic acids is 1. The Balaban J connectivity index is 1.96. The Morgan fingerprint density at radius 1 is 1.67 bits per heavy atom. The molecule has 1 atom stereocenters. The van der Waals surface area contributed by atoms with Crippen molar-refractivity contribution in [3.05, 3.63) is 20.8 Å². The van der Waals surface area contributed by atoms with Crippen LogP contribution in [0, 0.1) is 0 Å². The molecule has 0 aliphatic carbocycles. The second-order valence-electron chi connectivity index (χ2n) is 4.14. The van der Waals surface area contributed by atoms with E-state index in [1.807, 2.05) is 17.9 Å². The number of likely N-dealkylation sites (N-methyl/N-ethyl adjacent to an activating group) is 1. The van der Waals surface area contributed by atoms with E-state index in [-0.39, 0.29) is 11.9 Å². The summed E-state index contributed by atoms with van der Waals surface area (Å²) in [5, 5.41) is 3.20. The second-order valence-corrected chi connectivity index (χ2v) is 6.69. The van der Waals surface area contributed by atoms with Gasteiger partial charge in [-0.15, -0.1) is 11.3 Å². The molecule has 6 heteroatoms. The second kappa shape index (κ2) is 6.65. The zero-order chi connectivity index (χ0) is 13.0. The number of amides is 1. The number of morpholine rings is 1. The van der Waals surface area contributed by atoms with Crippen molar-refractivity contribution in [3.63, 3.8) is 0 Å². The number of thiophene rings is 1. The number of hydrogen-bond donors (Lipinski definition) is 1. The molecule has 0 spiro atoms. The van der Waals surface area contributed by atoms with Gasteiger partial charge >= 0.3 is 0 Å². The van der Waals surface area contributed by atoms with Crippen LogP contribution in [0.5, 0.6) is 0 Å². The van der Waals surface area contributed by atoms with E-state index in [4.69, 9.17) is 4.74 Å². The Bertz CT molecular complexity index is 405. The van der Waals surface area contributed by atoms with Crippen molar-refractivity contribution in [2.24, 2.45) is 0 Å². The number of nitrogens with zero attached hydrogens (tertiary/aromatic N) is 1. The van der Waals surface area contributed by atoms with Crippen LogP contribution < -0.4 is 5.32 Å². The molecule has 1 saturated heterocycles. The molecule has 1 aliphatic heterocycles. The van der Waals surface area contributed by atoms with Crippen LogP contribution in [0.15, 0.2) is 15.9 Å². The average Bonchev–Trinajstić information content (AvgIpc) is 2.82. The topological polar surface area (TPSA) is 41.6 Å². The number of nitrogens with one attached hydrogen (secondary N) is 1. The highest BCUT2D eigenvalue weighted by molar-refractivity contribution is 9.11. The van der Waals surface area contributed by atoms with Crippen molar-refractivity contribution in [1.82, 2.24) is 10.2 Å². The molecule has 2 heterocycles. The smallest absolute Gasteiger partial charge is 0.242 e. The van der Waals surface area contributed by atoms with Crippen LogP contribution in [0.3, 0.4) is 0 Å². The Kier molecular flexibility index (Phi) is 5.17. The number of hydrogen-bond acceptors (Lipinski definition) is 4. The molecule has 0 saturated carbocycles. The lowest BCUT2D eigenvalue weighted by Crippen LogP contribution is -2.52. The summed E-state index contributed by atoms with van der Waals surface area (Å²) in [6.07, 6.45) is 0. The van der Waals surface area contributed by atoms with Crippen LogP contribution in [0.2, 0.25) is 0 Å². The van der Waals surface area contributed by atoms with E-state index in [2.05, 4.69) is 27.3 Å². The third kappa shape index (κ3) is 3.54. The third-order valence-corrected chi connectivity index (χ3v) is 4.50. The maximum atomic E-state index is 12.3. The predicted octanol–water partition coefficient (Wildman–Crippen LogP) is 1.85. The molecule has 100 valence electrons. The van der Waals surface area contributed by atoms with Gasteiger partial charge in [0.25, 0.3) is 0 Å². The van der Waals surface area contributed by atoms with Crippen molar-refractivity contribution >= 4 is 33.2 Å². The summed E-state index contributed by atoms with van der Waals surface area (Å²) in [6.45, 7) is 5.30. The normalized spacial score (nSPS) is 19.8. The number of carbonyl (C=O) groups is 1. The van der Waals surface area contributed by atoms with Crippen molar-refractivity contribution in [2.75, 3.05) is 26.3 Å². The van der Waals surface area contributed by atoms with E-state index in [1.54, 1.807) is 11.3 Å². The molecular formula is C12H17BrN2O2S. The van der Waals surface area contributed by atoms with E-state index >= 15 is 0 Å². The summed E-state index contributed by atoms with van der Waals surface area (Å²) in [5.41, 5.74) is 0. The lowest BCUT2D eigenvalue weighted by Gasteiger charge is -2.29. The minimum absolute atomic E-state index is 0.127. The number of rotatable bonds is 4. The monoisotopic (exact) mass is 332 g/mol. The molecule has 1 aliphatic rings. The van der Waals surface area contributed by atoms with Gasteiger partial charge in [-0.05, 0) is 35.0 Å². The molecular weight excluding hydrogens is 316 g/mol. The summed E-state index contributed by atoms with van der Waals surface area (Å²) in [6, 6.07) is 3.87. The fourth-order valence-corrected chi connectivity index (χ4v) is 3.41. The molecule has 1 N–H and O–H groups in total. The maximum absolute atomic E-state index is 12.3. The van der Waals surface area contributed by atoms with Gasteiger partial charge < -0.3 is 15.0 Å². The van der Waals surface area contributed by atoms with Crippen LogP contribution in [-0.4, -0.2) is 43.2 Å². The van der Waals surface area contributed by atoms with Crippen molar-refractivity contribution in [2.45, 2.75) is 19.5 Å². The van der Waals surface area contributed by atoms with Gasteiger partial charge in [0, 0.05) is 18.0 Å². The molecule has 0 radical (unpaired) electrons. The van der Waals surface area contributed by atoms with E-state index in [1.165, 1.54) is 4.88 Å². The quantitative estimate of drug-likeness (QED) is 0.914. The molecule has 18 heavy (non-hydrogen) atoms. The van der Waals surface area contributed by atoms with Gasteiger partial charge in [0.1, 0.15) is 6.04 Å². The Labute approximate surface area is 119 Å². The molecule has 0 bridgehead atoms. The fourth-order valence-electron chi connectivity index (χ4n) is 1.91. The van der Waals surface area contributed by atoms with Crippen LogP contribution in [0.1, 0.15) is 11.8 Å². The van der Waals surface area contributed by atoms with E-state index in [0.717, 1.165) is 10.3 Å². The van der Waals surface area contributed by atoms with Gasteiger partial charge in [-0.2, -0.15) is 0 Å². The zero-order valence-corrected chi connectivity index (χ0v) is 12.7. The van der Waals surface area contributed by atoms with E-state index < -0.39 is 0 Å². The van der Waals surface area contributed by atoms with E-state index in [9.17, 15) is 4.79 Å². The summed E-state index contributed by atoms with van der Waals surface area (Å²) in [4.78, 5) is 15.4. The van der Waals surface area contributed by atoms with Crippen LogP contribution in [-0.2, 0) is 16.1 Å². The zero-order valence-electron chi connectivity index (χ0n) is 10.3. The van der Waals surface area contributed by atoms with Crippen molar-refractivity contribution < 1.29 is 9.53 Å². The van der Waals surface area contributed by atoms with Gasteiger partial charge in [-0.3, -0.25) is 4.79 Å². The average molecular weight is 333 g/mol. The van der Waals surface area contributed by atoms with Gasteiger partial charge in [0.05, 0.1) is 23.5 Å². The molecule has 0 aromatic carbocycles. The standard InChI is InChI=1S/C12H17BrN2O2S/c1-2-15(7-9-3-4-11(13)18-9)12(16)10-8-17-6-5-14-10/h3-4,10,14H,2,5-8H2,1H3/t10-/m0/s1. The first-order chi connectivity index (χ1) is 8.70. The molecule has 2 rings (SSSR count). The Morgan fingerprint density at radius 3 is 3.06 bits per heavy atom. The molecule has 1 aromatic heterocycles. The first kappa shape index (κ1) is 14.0. The van der Waals surface area contributed by atoms with Crippen LogP contribution in [0.25, 0.3) is 0 Å². The highest BCUT2D eigenvalue weighted by Crippen LogP contribution is 2.23. The fraction of sp³-hybridized carbons (Fsp3) is 0.583. The van der Waals surface area contributed by atoms with Crippen molar-refractivity contribution in [1.29, 1.82) is 0 Å². The number of ether oxygens (including phenoxy) is 1. The highest BCUT2D eigenvalue weighted by atomic mass is 79.9. The van der Waals surface area contributed by atoms with Gasteiger partial charge in [-0.1, -0.05) is 0 Å². The summed E-state index contributed by atoms with van der Waals surface area (Å²) < 4.78 is 6.43. The minimum Gasteiger partial charge on any atom is -0.378 e. The Hall–Kier alpha value is -0.430. The summed E-state index contributed by atoms with van der Waals surface area (Å²) in [7, 11) is 0. The maximum Gasteiger partial charge on any atom is 0.242 e. The van der Waals surface area contributed by atoms with Crippen LogP contribution >= 0.6 is 27.3 Å². The first-order valence-corrected chi connectivity index (χ1v) is 7.65. The molecule has 1 fully saturated rings. The summed E-state index contributed by atoms with van der Waals surface area (Å²) in [5.74, 6) is 0.127. The Morgan fingerprint density at radius 2 is 2.50 bits per heavy atom. The van der Waals surface area contributed by atoms with Crippen LogP contribution in [0.4, 0.5) is 0 Å². The molecule has 1 amide bonds. The highest BCUT2D eigenvalue weighted by Gasteiger charge is 2.25. The van der Waals surface area contributed by atoms with Gasteiger partial charge in [-0.25, -0.2) is 0 Å². The van der Waals surface area contributed by atoms with E-state index in [0.29, 0.717) is 26.3 Å². The number of halogens is 1. The first-order valence-electron chi connectivity index (χ1n) is 6.05. The third-order valence-electron chi connectivity index (χ3n) is 2.89. The molecule has 4 nitrogen and oxygen atoms in total. The molecule has 1 aromatic rings. The minimum atomic E-state index is -0.192. The largest absolute Gasteiger partial charge is 0.378 e. The van der Waals surface area contributed by atoms with Gasteiger partial charge in [0.2, 0.25) is 5.91 Å². The van der Waals surface area contributed by atoms with Crippen molar-refractivity contribution in [3.8, 4) is 0 Å². The lowest BCUT2D eigenvalue weighted by molar-refractivity contribution is -0.136. The lowest BCUT2D eigenvalue weighted by atomic mass is 10.2. The molecule has 0 unspecified atom stereocenters. The summed E-state index contributed by atoms with van der Waals surface area (Å²) >= 11 is 5.11.